The lowest BCUT2D eigenvalue weighted by Gasteiger charge is -2.34. The average molecular weight is 320 g/mol. The zero-order valence-corrected chi connectivity index (χ0v) is 13.4. The summed E-state index contributed by atoms with van der Waals surface area (Å²) in [5, 5.41) is 3.20. The molecule has 0 spiro atoms. The monoisotopic (exact) mass is 320 g/mol. The van der Waals surface area contributed by atoms with Crippen LogP contribution in [-0.4, -0.2) is 46.9 Å². The summed E-state index contributed by atoms with van der Waals surface area (Å²) in [6, 6.07) is 1.73. The van der Waals surface area contributed by atoms with Gasteiger partial charge in [0.2, 0.25) is 0 Å². The normalized spacial score (nSPS) is 16.2. The molecule has 2 aromatic rings. The van der Waals surface area contributed by atoms with Gasteiger partial charge in [-0.3, -0.25) is 9.69 Å². The Morgan fingerprint density at radius 3 is 2.77 bits per heavy atom. The van der Waals surface area contributed by atoms with Crippen LogP contribution in [0.25, 0.3) is 0 Å². The van der Waals surface area contributed by atoms with Crippen molar-refractivity contribution in [3.8, 4) is 0 Å². The maximum absolute atomic E-state index is 12.4. The number of carbonyl (C=O) groups excluding carboxylic acids is 1. The molecule has 0 atom stereocenters. The van der Waals surface area contributed by atoms with E-state index in [4.69, 9.17) is 10.2 Å². The Labute approximate surface area is 133 Å². The van der Waals surface area contributed by atoms with Gasteiger partial charge >= 0.3 is 0 Å². The third-order valence-corrected chi connectivity index (χ3v) is 4.64. The predicted octanol–water partition coefficient (Wildman–Crippen LogP) is 1.46. The van der Waals surface area contributed by atoms with Crippen LogP contribution in [0.4, 0.5) is 0 Å². The summed E-state index contributed by atoms with van der Waals surface area (Å²) in [6.07, 6.45) is 1.49. The van der Waals surface area contributed by atoms with Crippen molar-refractivity contribution in [2.45, 2.75) is 20.0 Å². The van der Waals surface area contributed by atoms with E-state index in [0.717, 1.165) is 43.4 Å². The van der Waals surface area contributed by atoms with Gasteiger partial charge in [0, 0.05) is 38.1 Å². The summed E-state index contributed by atoms with van der Waals surface area (Å²) in [6.45, 7) is 6.37. The van der Waals surface area contributed by atoms with E-state index in [9.17, 15) is 4.79 Å². The summed E-state index contributed by atoms with van der Waals surface area (Å²) in [5.74, 6) is 0.661. The number of aromatic nitrogens is 1. The van der Waals surface area contributed by atoms with Gasteiger partial charge in [-0.2, -0.15) is 0 Å². The standard InChI is InChI=1S/C15H20N4O2S/c1-11-17-13(10-22-11)8-18-2-4-19(5-3-18)15(20)12-6-14(7-16)21-9-12/h6,9-10H,2-5,7-8,16H2,1H3. The highest BCUT2D eigenvalue weighted by Gasteiger charge is 2.23. The second-order valence-corrected chi connectivity index (χ2v) is 6.49. The van der Waals surface area contributed by atoms with Crippen LogP contribution in [0.5, 0.6) is 0 Å². The second-order valence-electron chi connectivity index (χ2n) is 5.43. The Balaban J connectivity index is 1.53. The van der Waals surface area contributed by atoms with Gasteiger partial charge in [-0.25, -0.2) is 4.98 Å². The molecule has 6 nitrogen and oxygen atoms in total. The van der Waals surface area contributed by atoms with Gasteiger partial charge in [0.05, 0.1) is 22.8 Å². The van der Waals surface area contributed by atoms with Crippen LogP contribution < -0.4 is 5.73 Å². The highest BCUT2D eigenvalue weighted by molar-refractivity contribution is 7.09. The summed E-state index contributed by atoms with van der Waals surface area (Å²) >= 11 is 1.68. The number of piperazine rings is 1. The third kappa shape index (κ3) is 3.37. The molecule has 7 heteroatoms. The average Bonchev–Trinajstić information content (AvgIpc) is 3.16. The van der Waals surface area contributed by atoms with Crippen molar-refractivity contribution in [3.05, 3.63) is 39.7 Å². The van der Waals surface area contributed by atoms with Gasteiger partial charge < -0.3 is 15.1 Å². The van der Waals surface area contributed by atoms with Crippen LogP contribution in [0.2, 0.25) is 0 Å². The molecular weight excluding hydrogens is 300 g/mol. The van der Waals surface area contributed by atoms with Crippen LogP contribution in [0.15, 0.2) is 22.1 Å². The molecule has 0 saturated carbocycles. The minimum Gasteiger partial charge on any atom is -0.467 e. The fourth-order valence-corrected chi connectivity index (χ4v) is 3.21. The molecule has 3 heterocycles. The van der Waals surface area contributed by atoms with E-state index >= 15 is 0 Å². The van der Waals surface area contributed by atoms with Crippen molar-refractivity contribution in [2.75, 3.05) is 26.2 Å². The van der Waals surface area contributed by atoms with Crippen molar-refractivity contribution in [2.24, 2.45) is 5.73 Å². The Morgan fingerprint density at radius 1 is 1.41 bits per heavy atom. The number of amides is 1. The fourth-order valence-electron chi connectivity index (χ4n) is 2.60. The molecular formula is C15H20N4O2S. The van der Waals surface area contributed by atoms with Crippen LogP contribution in [-0.2, 0) is 13.1 Å². The number of carbonyl (C=O) groups is 1. The third-order valence-electron chi connectivity index (χ3n) is 3.81. The second kappa shape index (κ2) is 6.60. The van der Waals surface area contributed by atoms with Crippen molar-refractivity contribution in [3.63, 3.8) is 0 Å². The number of thiazole rings is 1. The van der Waals surface area contributed by atoms with E-state index in [0.29, 0.717) is 17.9 Å². The first kappa shape index (κ1) is 15.2. The molecule has 1 aliphatic rings. The van der Waals surface area contributed by atoms with Crippen molar-refractivity contribution < 1.29 is 9.21 Å². The molecule has 3 rings (SSSR count). The SMILES string of the molecule is Cc1nc(CN2CCN(C(=O)c3coc(CN)c3)CC2)cs1. The van der Waals surface area contributed by atoms with E-state index in [1.165, 1.54) is 6.26 Å². The van der Waals surface area contributed by atoms with Crippen LogP contribution in [0.1, 0.15) is 26.8 Å². The number of rotatable bonds is 4. The minimum atomic E-state index is 0.0209. The minimum absolute atomic E-state index is 0.0209. The lowest BCUT2D eigenvalue weighted by molar-refractivity contribution is 0.0626. The van der Waals surface area contributed by atoms with Crippen LogP contribution in [0, 0.1) is 6.92 Å². The fraction of sp³-hybridized carbons (Fsp3) is 0.467. The largest absolute Gasteiger partial charge is 0.467 e. The Bertz CT molecular complexity index is 644. The molecule has 1 aliphatic heterocycles. The van der Waals surface area contributed by atoms with E-state index in [-0.39, 0.29) is 5.91 Å². The first-order valence-corrected chi connectivity index (χ1v) is 8.24. The summed E-state index contributed by atoms with van der Waals surface area (Å²) in [5.41, 5.74) is 7.21. The van der Waals surface area contributed by atoms with Crippen molar-refractivity contribution in [1.29, 1.82) is 0 Å². The molecule has 2 N–H and O–H groups in total. The summed E-state index contributed by atoms with van der Waals surface area (Å²) in [7, 11) is 0. The van der Waals surface area contributed by atoms with Crippen LogP contribution in [0.3, 0.4) is 0 Å². The molecule has 0 bridgehead atoms. The smallest absolute Gasteiger partial charge is 0.257 e. The van der Waals surface area contributed by atoms with Gasteiger partial charge in [-0.05, 0) is 13.0 Å². The molecule has 22 heavy (non-hydrogen) atoms. The zero-order chi connectivity index (χ0) is 15.5. The Hall–Kier alpha value is -1.70. The predicted molar refractivity (Wildman–Crippen MR) is 84.6 cm³/mol. The maximum Gasteiger partial charge on any atom is 0.257 e. The molecule has 1 amide bonds. The van der Waals surface area contributed by atoms with E-state index < -0.39 is 0 Å². The maximum atomic E-state index is 12.4. The first-order valence-electron chi connectivity index (χ1n) is 7.36. The van der Waals surface area contributed by atoms with E-state index in [2.05, 4.69) is 15.3 Å². The van der Waals surface area contributed by atoms with Gasteiger partial charge in [-0.15, -0.1) is 11.3 Å². The van der Waals surface area contributed by atoms with Gasteiger partial charge in [-0.1, -0.05) is 0 Å². The number of nitrogens with zero attached hydrogens (tertiary/aromatic N) is 3. The topological polar surface area (TPSA) is 75.6 Å². The zero-order valence-electron chi connectivity index (χ0n) is 12.6. The van der Waals surface area contributed by atoms with Crippen molar-refractivity contribution >= 4 is 17.2 Å². The van der Waals surface area contributed by atoms with Crippen molar-refractivity contribution in [1.82, 2.24) is 14.8 Å². The molecule has 1 saturated heterocycles. The van der Waals surface area contributed by atoms with E-state index in [1.807, 2.05) is 11.8 Å². The molecule has 0 aromatic carbocycles. The molecule has 0 aliphatic carbocycles. The number of hydrogen-bond acceptors (Lipinski definition) is 6. The first-order chi connectivity index (χ1) is 10.7. The lowest BCUT2D eigenvalue weighted by atomic mass is 10.2. The van der Waals surface area contributed by atoms with E-state index in [1.54, 1.807) is 17.4 Å². The summed E-state index contributed by atoms with van der Waals surface area (Å²) in [4.78, 5) is 21.1. The molecule has 0 radical (unpaired) electrons. The molecule has 2 aromatic heterocycles. The quantitative estimate of drug-likeness (QED) is 0.923. The highest BCUT2D eigenvalue weighted by Crippen LogP contribution is 2.15. The van der Waals surface area contributed by atoms with Gasteiger partial charge in [0.1, 0.15) is 12.0 Å². The number of hydrogen-bond donors (Lipinski definition) is 1. The molecule has 118 valence electrons. The molecule has 0 unspecified atom stereocenters. The van der Waals surface area contributed by atoms with Crippen LogP contribution >= 0.6 is 11.3 Å². The Kier molecular flexibility index (Phi) is 4.56. The van der Waals surface area contributed by atoms with Gasteiger partial charge in [0.15, 0.2) is 0 Å². The highest BCUT2D eigenvalue weighted by atomic mass is 32.1. The summed E-state index contributed by atoms with van der Waals surface area (Å²) < 4.78 is 5.24. The van der Waals surface area contributed by atoms with Gasteiger partial charge in [0.25, 0.3) is 5.91 Å². The lowest BCUT2D eigenvalue weighted by Crippen LogP contribution is -2.48. The number of aryl methyl sites for hydroxylation is 1. The Morgan fingerprint density at radius 2 is 2.18 bits per heavy atom. The number of furan rings is 1. The molecule has 1 fully saturated rings. The number of nitrogens with two attached hydrogens (primary N) is 1.